The standard InChI is InChI=1S/C17H27N/c1-4-14-7-9-15(10-8-14)17(18)16-11-12(2)5-6-13(16)3/h5-6,11,14-15,17H,4,7-10,18H2,1-3H3. The van der Waals surface area contributed by atoms with Gasteiger partial charge in [0.1, 0.15) is 0 Å². The minimum absolute atomic E-state index is 0.239. The van der Waals surface area contributed by atoms with Crippen LogP contribution in [0.3, 0.4) is 0 Å². The number of hydrogen-bond donors (Lipinski definition) is 1. The molecule has 0 amide bonds. The van der Waals surface area contributed by atoms with Gasteiger partial charge in [0.25, 0.3) is 0 Å². The van der Waals surface area contributed by atoms with Crippen LogP contribution in [0.1, 0.15) is 61.8 Å². The van der Waals surface area contributed by atoms with Crippen LogP contribution >= 0.6 is 0 Å². The molecule has 1 aliphatic rings. The van der Waals surface area contributed by atoms with Gasteiger partial charge in [0.05, 0.1) is 0 Å². The van der Waals surface area contributed by atoms with Crippen molar-refractivity contribution in [3.05, 3.63) is 34.9 Å². The molecule has 1 aromatic rings. The molecule has 1 unspecified atom stereocenters. The molecule has 100 valence electrons. The Kier molecular flexibility index (Phi) is 4.45. The lowest BCUT2D eigenvalue weighted by atomic mass is 9.75. The summed E-state index contributed by atoms with van der Waals surface area (Å²) >= 11 is 0. The van der Waals surface area contributed by atoms with E-state index in [1.807, 2.05) is 0 Å². The SMILES string of the molecule is CCC1CCC(C(N)c2cc(C)ccc2C)CC1. The fraction of sp³-hybridized carbons (Fsp3) is 0.647. The van der Waals surface area contributed by atoms with Crippen molar-refractivity contribution in [2.24, 2.45) is 17.6 Å². The lowest BCUT2D eigenvalue weighted by Crippen LogP contribution is -2.26. The maximum atomic E-state index is 6.53. The fourth-order valence-electron chi connectivity index (χ4n) is 3.33. The van der Waals surface area contributed by atoms with Crippen LogP contribution in [0.25, 0.3) is 0 Å². The predicted molar refractivity (Wildman–Crippen MR) is 78.6 cm³/mol. The van der Waals surface area contributed by atoms with Gasteiger partial charge in [0.15, 0.2) is 0 Å². The van der Waals surface area contributed by atoms with Crippen molar-refractivity contribution < 1.29 is 0 Å². The van der Waals surface area contributed by atoms with Crippen molar-refractivity contribution in [3.8, 4) is 0 Å². The van der Waals surface area contributed by atoms with Gasteiger partial charge in [-0.25, -0.2) is 0 Å². The van der Waals surface area contributed by atoms with Gasteiger partial charge >= 0.3 is 0 Å². The first-order chi connectivity index (χ1) is 8.61. The van der Waals surface area contributed by atoms with Crippen LogP contribution in [0.5, 0.6) is 0 Å². The van der Waals surface area contributed by atoms with E-state index in [4.69, 9.17) is 5.73 Å². The van der Waals surface area contributed by atoms with Crippen molar-refractivity contribution in [1.29, 1.82) is 0 Å². The molecule has 2 rings (SSSR count). The molecule has 0 aromatic heterocycles. The average molecular weight is 245 g/mol. The van der Waals surface area contributed by atoms with Crippen molar-refractivity contribution in [3.63, 3.8) is 0 Å². The first-order valence-electron chi connectivity index (χ1n) is 7.44. The zero-order chi connectivity index (χ0) is 13.1. The first kappa shape index (κ1) is 13.6. The second-order valence-electron chi connectivity index (χ2n) is 6.07. The number of rotatable bonds is 3. The van der Waals surface area contributed by atoms with E-state index in [0.29, 0.717) is 5.92 Å². The van der Waals surface area contributed by atoms with E-state index in [1.54, 1.807) is 0 Å². The number of benzene rings is 1. The zero-order valence-corrected chi connectivity index (χ0v) is 12.1. The number of hydrogen-bond acceptors (Lipinski definition) is 1. The molecular formula is C17H27N. The molecule has 1 aliphatic carbocycles. The summed E-state index contributed by atoms with van der Waals surface area (Å²) in [6.07, 6.45) is 6.71. The van der Waals surface area contributed by atoms with Crippen molar-refractivity contribution >= 4 is 0 Å². The Hall–Kier alpha value is -0.820. The highest BCUT2D eigenvalue weighted by atomic mass is 14.7. The summed E-state index contributed by atoms with van der Waals surface area (Å²) in [6.45, 7) is 6.66. The number of nitrogens with two attached hydrogens (primary N) is 1. The summed E-state index contributed by atoms with van der Waals surface area (Å²) in [4.78, 5) is 0. The van der Waals surface area contributed by atoms with Gasteiger partial charge in [-0.05, 0) is 49.7 Å². The third-order valence-corrected chi connectivity index (χ3v) is 4.77. The maximum absolute atomic E-state index is 6.53. The van der Waals surface area contributed by atoms with E-state index in [1.165, 1.54) is 48.8 Å². The van der Waals surface area contributed by atoms with Crippen LogP contribution in [-0.4, -0.2) is 0 Å². The Morgan fingerprint density at radius 2 is 1.83 bits per heavy atom. The van der Waals surface area contributed by atoms with Crippen LogP contribution in [0.15, 0.2) is 18.2 Å². The summed E-state index contributed by atoms with van der Waals surface area (Å²) in [7, 11) is 0. The molecule has 1 aromatic carbocycles. The molecule has 2 N–H and O–H groups in total. The molecule has 18 heavy (non-hydrogen) atoms. The van der Waals surface area contributed by atoms with Gasteiger partial charge in [-0.3, -0.25) is 0 Å². The van der Waals surface area contributed by atoms with Gasteiger partial charge in [-0.15, -0.1) is 0 Å². The van der Waals surface area contributed by atoms with E-state index in [0.717, 1.165) is 5.92 Å². The fourth-order valence-corrected chi connectivity index (χ4v) is 3.33. The molecule has 0 aliphatic heterocycles. The minimum atomic E-state index is 0.239. The molecule has 0 saturated heterocycles. The van der Waals surface area contributed by atoms with E-state index in [9.17, 15) is 0 Å². The third kappa shape index (κ3) is 2.95. The smallest absolute Gasteiger partial charge is 0.0326 e. The topological polar surface area (TPSA) is 26.0 Å². The minimum Gasteiger partial charge on any atom is -0.324 e. The highest BCUT2D eigenvalue weighted by molar-refractivity contribution is 5.33. The molecule has 0 radical (unpaired) electrons. The van der Waals surface area contributed by atoms with E-state index < -0.39 is 0 Å². The zero-order valence-electron chi connectivity index (χ0n) is 12.1. The molecule has 1 nitrogen and oxygen atoms in total. The normalized spacial score (nSPS) is 26.0. The number of aryl methyl sites for hydroxylation is 2. The first-order valence-corrected chi connectivity index (χ1v) is 7.44. The van der Waals surface area contributed by atoms with Crippen LogP contribution in [0, 0.1) is 25.7 Å². The van der Waals surface area contributed by atoms with E-state index in [-0.39, 0.29) is 6.04 Å². The van der Waals surface area contributed by atoms with Crippen LogP contribution in [0.2, 0.25) is 0 Å². The molecule has 1 heteroatoms. The molecule has 1 atom stereocenters. The highest BCUT2D eigenvalue weighted by Gasteiger charge is 2.26. The largest absolute Gasteiger partial charge is 0.324 e. The molecule has 0 heterocycles. The van der Waals surface area contributed by atoms with Gasteiger partial charge in [-0.1, -0.05) is 49.9 Å². The highest BCUT2D eigenvalue weighted by Crippen LogP contribution is 2.37. The van der Waals surface area contributed by atoms with Crippen LogP contribution in [-0.2, 0) is 0 Å². The molecule has 1 fully saturated rings. The molecule has 0 spiro atoms. The van der Waals surface area contributed by atoms with Crippen LogP contribution in [0.4, 0.5) is 0 Å². The predicted octanol–water partition coefficient (Wildman–Crippen LogP) is 4.52. The summed E-state index contributed by atoms with van der Waals surface area (Å²) in [6, 6.07) is 6.91. The van der Waals surface area contributed by atoms with Crippen LogP contribution < -0.4 is 5.73 Å². The lowest BCUT2D eigenvalue weighted by molar-refractivity contribution is 0.239. The summed E-state index contributed by atoms with van der Waals surface area (Å²) in [5, 5.41) is 0. The molecule has 0 bridgehead atoms. The Bertz CT molecular complexity index is 389. The van der Waals surface area contributed by atoms with E-state index >= 15 is 0 Å². The maximum Gasteiger partial charge on any atom is 0.0326 e. The van der Waals surface area contributed by atoms with Crippen molar-refractivity contribution in [1.82, 2.24) is 0 Å². The molecular weight excluding hydrogens is 218 g/mol. The van der Waals surface area contributed by atoms with Crippen molar-refractivity contribution in [2.45, 2.75) is 58.9 Å². The summed E-state index contributed by atoms with van der Waals surface area (Å²) in [5.74, 6) is 1.64. The summed E-state index contributed by atoms with van der Waals surface area (Å²) in [5.41, 5.74) is 10.6. The second kappa shape index (κ2) is 5.88. The molecule has 1 saturated carbocycles. The van der Waals surface area contributed by atoms with Crippen molar-refractivity contribution in [2.75, 3.05) is 0 Å². The second-order valence-corrected chi connectivity index (χ2v) is 6.07. The monoisotopic (exact) mass is 245 g/mol. The quantitative estimate of drug-likeness (QED) is 0.832. The third-order valence-electron chi connectivity index (χ3n) is 4.77. The van der Waals surface area contributed by atoms with Gasteiger partial charge in [0, 0.05) is 6.04 Å². The summed E-state index contributed by atoms with van der Waals surface area (Å²) < 4.78 is 0. The lowest BCUT2D eigenvalue weighted by Gasteiger charge is -2.32. The Morgan fingerprint density at radius 1 is 1.17 bits per heavy atom. The Morgan fingerprint density at radius 3 is 2.44 bits per heavy atom. The van der Waals surface area contributed by atoms with Gasteiger partial charge < -0.3 is 5.73 Å². The average Bonchev–Trinajstić information content (AvgIpc) is 2.41. The van der Waals surface area contributed by atoms with Gasteiger partial charge in [0.2, 0.25) is 0 Å². The van der Waals surface area contributed by atoms with Gasteiger partial charge in [-0.2, -0.15) is 0 Å². The Labute approximate surface area is 112 Å². The Balaban J connectivity index is 2.07. The van der Waals surface area contributed by atoms with E-state index in [2.05, 4.69) is 39.0 Å².